The van der Waals surface area contributed by atoms with Gasteiger partial charge in [-0.15, -0.1) is 15.3 Å². The molecule has 0 aliphatic carbocycles. The summed E-state index contributed by atoms with van der Waals surface area (Å²) in [4.78, 5) is 11.2. The maximum Gasteiger partial charge on any atom is 0.178 e. The Morgan fingerprint density at radius 1 is 1.14 bits per heavy atom. The van der Waals surface area contributed by atoms with Crippen molar-refractivity contribution in [2.24, 2.45) is 0 Å². The van der Waals surface area contributed by atoms with Gasteiger partial charge in [-0.3, -0.25) is 0 Å². The molecule has 0 aromatic carbocycles. The van der Waals surface area contributed by atoms with E-state index in [1.807, 2.05) is 37.6 Å². The summed E-state index contributed by atoms with van der Waals surface area (Å²) >= 11 is 0. The van der Waals surface area contributed by atoms with Gasteiger partial charge in [0.05, 0.1) is 5.69 Å². The first-order valence-electron chi connectivity index (χ1n) is 7.21. The van der Waals surface area contributed by atoms with E-state index in [-0.39, 0.29) is 5.78 Å². The Morgan fingerprint density at radius 3 is 2.64 bits per heavy atom. The average Bonchev–Trinajstić information content (AvgIpc) is 2.98. The Kier molecular flexibility index (Phi) is 3.48. The van der Waals surface area contributed by atoms with Gasteiger partial charge >= 0.3 is 0 Å². The molecule has 0 atom stereocenters. The number of Topliss-reactive ketones (excluding diaryl/α,β-unsaturated/α-hetero) is 1. The minimum Gasteiger partial charge on any atom is -0.300 e. The monoisotopic (exact) mass is 298 g/mol. The molecule has 0 amide bonds. The lowest BCUT2D eigenvalue weighted by molar-refractivity contribution is -0.116. The van der Waals surface area contributed by atoms with Crippen LogP contribution in [0, 0.1) is 20.8 Å². The summed E-state index contributed by atoms with van der Waals surface area (Å²) in [6.45, 7) is 7.43. The predicted octanol–water partition coefficient (Wildman–Crippen LogP) is 1.76. The number of hydrogen-bond donors (Lipinski definition) is 0. The topological polar surface area (TPSA) is 78.0 Å². The van der Waals surface area contributed by atoms with Crippen LogP contribution in [-0.4, -0.2) is 35.4 Å². The molecule has 3 aromatic heterocycles. The maximum atomic E-state index is 11.2. The molecule has 7 heteroatoms. The first-order valence-corrected chi connectivity index (χ1v) is 7.21. The zero-order valence-corrected chi connectivity index (χ0v) is 13.2. The van der Waals surface area contributed by atoms with Crippen LogP contribution in [0.15, 0.2) is 12.1 Å². The molecule has 0 spiro atoms. The zero-order valence-electron chi connectivity index (χ0n) is 13.2. The van der Waals surface area contributed by atoms with Crippen LogP contribution in [0.3, 0.4) is 0 Å². The number of rotatable bonds is 4. The standard InChI is InChI=1S/C15H18N6O/c1-9(22)5-6-13-10(2)18-20(11(13)3)15-8-7-14-17-16-12(4)21(14)19-15/h7-8H,5-6H2,1-4H3. The van der Waals surface area contributed by atoms with E-state index in [2.05, 4.69) is 20.4 Å². The Morgan fingerprint density at radius 2 is 1.91 bits per heavy atom. The molecule has 0 aliphatic rings. The zero-order chi connectivity index (χ0) is 15.9. The quantitative estimate of drug-likeness (QED) is 0.733. The number of aromatic nitrogens is 6. The van der Waals surface area contributed by atoms with E-state index in [1.165, 1.54) is 0 Å². The number of ketones is 1. The van der Waals surface area contributed by atoms with Crippen LogP contribution < -0.4 is 0 Å². The van der Waals surface area contributed by atoms with Gasteiger partial charge in [0.2, 0.25) is 0 Å². The van der Waals surface area contributed by atoms with Crippen LogP contribution >= 0.6 is 0 Å². The molecule has 0 N–H and O–H groups in total. The lowest BCUT2D eigenvalue weighted by atomic mass is 10.1. The van der Waals surface area contributed by atoms with Crippen molar-refractivity contribution >= 4 is 11.4 Å². The number of carbonyl (C=O) groups excluding carboxylic acids is 1. The Labute approximate surface area is 128 Å². The van der Waals surface area contributed by atoms with Gasteiger partial charge in [-0.1, -0.05) is 0 Å². The van der Waals surface area contributed by atoms with Gasteiger partial charge in [-0.2, -0.15) is 9.61 Å². The van der Waals surface area contributed by atoms with Crippen LogP contribution in [0.1, 0.15) is 36.1 Å². The van der Waals surface area contributed by atoms with Gasteiger partial charge in [0.25, 0.3) is 0 Å². The molecule has 0 saturated heterocycles. The molecule has 0 radical (unpaired) electrons. The third-order valence-electron chi connectivity index (χ3n) is 3.79. The molecule has 0 fully saturated rings. The average molecular weight is 298 g/mol. The van der Waals surface area contributed by atoms with E-state index in [0.717, 1.165) is 22.8 Å². The van der Waals surface area contributed by atoms with Gasteiger partial charge in [-0.25, -0.2) is 4.68 Å². The molecule has 0 bridgehead atoms. The van der Waals surface area contributed by atoms with Crippen LogP contribution in [0.5, 0.6) is 0 Å². The van der Waals surface area contributed by atoms with Crippen molar-refractivity contribution in [1.29, 1.82) is 0 Å². The highest BCUT2D eigenvalue weighted by Crippen LogP contribution is 2.18. The Balaban J connectivity index is 2.04. The van der Waals surface area contributed by atoms with Crippen molar-refractivity contribution < 1.29 is 4.79 Å². The molecule has 0 unspecified atom stereocenters. The Hall–Kier alpha value is -2.57. The number of nitrogens with zero attached hydrogens (tertiary/aromatic N) is 6. The fraction of sp³-hybridized carbons (Fsp3) is 0.400. The Bertz CT molecular complexity index is 860. The number of aryl methyl sites for hydroxylation is 2. The van der Waals surface area contributed by atoms with E-state index >= 15 is 0 Å². The van der Waals surface area contributed by atoms with E-state index < -0.39 is 0 Å². The summed E-state index contributed by atoms with van der Waals surface area (Å²) in [6.07, 6.45) is 1.24. The summed E-state index contributed by atoms with van der Waals surface area (Å²) in [6, 6.07) is 3.74. The van der Waals surface area contributed by atoms with E-state index in [9.17, 15) is 4.79 Å². The van der Waals surface area contributed by atoms with Gasteiger partial charge in [0, 0.05) is 12.1 Å². The number of fused-ring (bicyclic) bond motifs is 1. The molecule has 0 aliphatic heterocycles. The highest BCUT2D eigenvalue weighted by molar-refractivity contribution is 5.75. The molecule has 22 heavy (non-hydrogen) atoms. The normalized spacial score (nSPS) is 11.3. The lowest BCUT2D eigenvalue weighted by Gasteiger charge is -2.05. The molecule has 3 heterocycles. The molecule has 7 nitrogen and oxygen atoms in total. The lowest BCUT2D eigenvalue weighted by Crippen LogP contribution is -2.06. The molecular formula is C15H18N6O. The van der Waals surface area contributed by atoms with Gasteiger partial charge < -0.3 is 4.79 Å². The summed E-state index contributed by atoms with van der Waals surface area (Å²) in [5.74, 6) is 1.63. The smallest absolute Gasteiger partial charge is 0.178 e. The number of hydrogen-bond acceptors (Lipinski definition) is 5. The highest BCUT2D eigenvalue weighted by Gasteiger charge is 2.15. The summed E-state index contributed by atoms with van der Waals surface area (Å²) in [5, 5.41) is 17.1. The van der Waals surface area contributed by atoms with Crippen molar-refractivity contribution in [2.45, 2.75) is 40.5 Å². The van der Waals surface area contributed by atoms with Crippen LogP contribution in [0.2, 0.25) is 0 Å². The van der Waals surface area contributed by atoms with E-state index in [0.29, 0.717) is 24.3 Å². The minimum atomic E-state index is 0.186. The molecule has 0 saturated carbocycles. The summed E-state index contributed by atoms with van der Waals surface area (Å²) < 4.78 is 3.50. The highest BCUT2D eigenvalue weighted by atomic mass is 16.1. The molecule has 114 valence electrons. The van der Waals surface area contributed by atoms with Gasteiger partial charge in [0.1, 0.15) is 5.78 Å². The molecular weight excluding hydrogens is 280 g/mol. The maximum absolute atomic E-state index is 11.2. The van der Waals surface area contributed by atoms with Crippen molar-refractivity contribution in [3.63, 3.8) is 0 Å². The van der Waals surface area contributed by atoms with Crippen molar-refractivity contribution in [1.82, 2.24) is 29.6 Å². The van der Waals surface area contributed by atoms with Crippen molar-refractivity contribution in [3.05, 3.63) is 34.9 Å². The van der Waals surface area contributed by atoms with Crippen LogP contribution in [-0.2, 0) is 11.2 Å². The first kappa shape index (κ1) is 14.4. The third-order valence-corrected chi connectivity index (χ3v) is 3.79. The fourth-order valence-corrected chi connectivity index (χ4v) is 2.56. The molecule has 3 aromatic rings. The van der Waals surface area contributed by atoms with Crippen molar-refractivity contribution in [2.75, 3.05) is 0 Å². The van der Waals surface area contributed by atoms with E-state index in [4.69, 9.17) is 0 Å². The second-order valence-corrected chi connectivity index (χ2v) is 5.47. The largest absolute Gasteiger partial charge is 0.300 e. The molecule has 3 rings (SSSR count). The van der Waals surface area contributed by atoms with Crippen molar-refractivity contribution in [3.8, 4) is 5.82 Å². The second-order valence-electron chi connectivity index (χ2n) is 5.47. The van der Waals surface area contributed by atoms with E-state index in [1.54, 1.807) is 11.4 Å². The van der Waals surface area contributed by atoms with Crippen LogP contribution in [0.25, 0.3) is 11.5 Å². The second kappa shape index (κ2) is 5.32. The fourth-order valence-electron chi connectivity index (χ4n) is 2.56. The first-order chi connectivity index (χ1) is 10.5. The van der Waals surface area contributed by atoms with Gasteiger partial charge in [0.15, 0.2) is 17.3 Å². The minimum absolute atomic E-state index is 0.186. The predicted molar refractivity (Wildman–Crippen MR) is 81.1 cm³/mol. The summed E-state index contributed by atoms with van der Waals surface area (Å²) in [7, 11) is 0. The summed E-state index contributed by atoms with van der Waals surface area (Å²) in [5.41, 5.74) is 3.76. The SMILES string of the molecule is CC(=O)CCc1c(C)nn(-c2ccc3nnc(C)n3n2)c1C. The van der Waals surface area contributed by atoms with Gasteiger partial charge in [-0.05, 0) is 51.8 Å². The van der Waals surface area contributed by atoms with Crippen LogP contribution in [0.4, 0.5) is 0 Å². The third kappa shape index (κ3) is 2.38. The number of carbonyl (C=O) groups is 1.